The fourth-order valence-corrected chi connectivity index (χ4v) is 6.97. The second kappa shape index (κ2) is 12.4. The first-order valence-electron chi connectivity index (χ1n) is 14.6. The number of Topliss-reactive ketones (excluding diaryl/α,β-unsaturated/α-hetero) is 1. The predicted octanol–water partition coefficient (Wildman–Crippen LogP) is 2.95. The van der Waals surface area contributed by atoms with Crippen molar-refractivity contribution in [1.29, 1.82) is 0 Å². The molecule has 0 unspecified atom stereocenters. The van der Waals surface area contributed by atoms with Gasteiger partial charge in [0.05, 0.1) is 17.6 Å². The Morgan fingerprint density at radius 1 is 1.29 bits per heavy atom. The van der Waals surface area contributed by atoms with Gasteiger partial charge in [-0.3, -0.25) is 14.6 Å². The van der Waals surface area contributed by atoms with Crippen LogP contribution in [-0.4, -0.2) is 59.0 Å². The minimum Gasteiger partial charge on any atom is -0.404 e. The average Bonchev–Trinajstić information content (AvgIpc) is 3.26. The van der Waals surface area contributed by atoms with E-state index < -0.39 is 23.7 Å². The quantitative estimate of drug-likeness (QED) is 0.0613. The van der Waals surface area contributed by atoms with Crippen LogP contribution < -0.4 is 16.5 Å². The number of guanidine groups is 1. The van der Waals surface area contributed by atoms with Gasteiger partial charge in [-0.15, -0.1) is 0 Å². The number of nitrogens with one attached hydrogen (secondary N) is 2. The summed E-state index contributed by atoms with van der Waals surface area (Å²) in [6.07, 6.45) is 4.98. The zero-order valence-electron chi connectivity index (χ0n) is 24.7. The largest absolute Gasteiger partial charge is 0.481 e. The predicted molar refractivity (Wildman–Crippen MR) is 154 cm³/mol. The number of hydrogen-bond donors (Lipinski definition) is 3. The molecular weight excluding hydrogens is 527 g/mol. The molecular formula is C28H43BN6O6. The SMILES string of the molecule is CC(C)C[C@H](NC(=O)[C@H](CCCN=C(N)N[N+](=O)[O-])CC(=O)c1ccccn1)B1O[C@@H]2C[C@H]3C[C@H](C3(C)C)[C@]2(C)O1. The fourth-order valence-electron chi connectivity index (χ4n) is 6.97. The lowest BCUT2D eigenvalue weighted by molar-refractivity contribution is -0.525. The molecule has 224 valence electrons. The number of hydrogen-bond acceptors (Lipinski definition) is 8. The first-order valence-corrected chi connectivity index (χ1v) is 14.6. The molecule has 12 nitrogen and oxygen atoms in total. The summed E-state index contributed by atoms with van der Waals surface area (Å²) in [5.41, 5.74) is 7.41. The van der Waals surface area contributed by atoms with E-state index in [1.54, 1.807) is 29.8 Å². The van der Waals surface area contributed by atoms with Crippen molar-refractivity contribution < 1.29 is 23.9 Å². The third-order valence-corrected chi connectivity index (χ3v) is 9.30. The molecule has 0 aromatic carbocycles. The Morgan fingerprint density at radius 2 is 2.05 bits per heavy atom. The van der Waals surface area contributed by atoms with E-state index >= 15 is 0 Å². The van der Waals surface area contributed by atoms with E-state index in [2.05, 4.69) is 49.9 Å². The molecule has 4 aliphatic rings. The molecule has 3 aliphatic carbocycles. The lowest BCUT2D eigenvalue weighted by atomic mass is 9.43. The number of rotatable bonds is 13. The zero-order valence-corrected chi connectivity index (χ0v) is 24.7. The van der Waals surface area contributed by atoms with Crippen molar-refractivity contribution >= 4 is 24.8 Å². The maximum Gasteiger partial charge on any atom is 0.481 e. The van der Waals surface area contributed by atoms with Crippen molar-refractivity contribution in [2.24, 2.45) is 39.8 Å². The second-order valence-corrected chi connectivity index (χ2v) is 12.9. The van der Waals surface area contributed by atoms with Crippen LogP contribution in [0.15, 0.2) is 29.4 Å². The molecule has 0 radical (unpaired) electrons. The van der Waals surface area contributed by atoms with E-state index in [1.807, 2.05) is 0 Å². The van der Waals surface area contributed by atoms with Crippen molar-refractivity contribution in [3.8, 4) is 0 Å². The Bertz CT molecular complexity index is 1150. The van der Waals surface area contributed by atoms with E-state index in [0.29, 0.717) is 36.8 Å². The number of amides is 1. The van der Waals surface area contributed by atoms with Gasteiger partial charge < -0.3 is 20.4 Å². The van der Waals surface area contributed by atoms with Gasteiger partial charge in [-0.05, 0) is 74.3 Å². The van der Waals surface area contributed by atoms with Crippen molar-refractivity contribution in [2.45, 2.75) is 90.8 Å². The van der Waals surface area contributed by atoms with E-state index in [-0.39, 0.29) is 54.0 Å². The minimum atomic E-state index is -0.788. The second-order valence-electron chi connectivity index (χ2n) is 12.9. The number of carbonyl (C=O) groups excluding carboxylic acids is 2. The Morgan fingerprint density at radius 3 is 2.68 bits per heavy atom. The zero-order chi connectivity index (χ0) is 29.9. The molecule has 5 rings (SSSR count). The topological polar surface area (TPSA) is 171 Å². The van der Waals surface area contributed by atoms with Crippen LogP contribution in [0.1, 0.15) is 83.6 Å². The van der Waals surface area contributed by atoms with Gasteiger partial charge in [-0.1, -0.05) is 39.2 Å². The molecule has 4 N–H and O–H groups in total. The highest BCUT2D eigenvalue weighted by Gasteiger charge is 2.68. The lowest BCUT2D eigenvalue weighted by Crippen LogP contribution is -2.65. The van der Waals surface area contributed by atoms with Crippen LogP contribution in [0.25, 0.3) is 0 Å². The summed E-state index contributed by atoms with van der Waals surface area (Å²) in [4.78, 5) is 45.4. The van der Waals surface area contributed by atoms with Crippen molar-refractivity contribution in [3.05, 3.63) is 40.2 Å². The maximum absolute atomic E-state index is 13.7. The van der Waals surface area contributed by atoms with Gasteiger partial charge in [0, 0.05) is 25.1 Å². The van der Waals surface area contributed by atoms with Crippen LogP contribution in [-0.2, 0) is 14.1 Å². The summed E-state index contributed by atoms with van der Waals surface area (Å²) in [5, 5.41) is 12.9. The molecule has 2 heterocycles. The summed E-state index contributed by atoms with van der Waals surface area (Å²) in [7, 11) is -0.573. The molecule has 2 bridgehead atoms. The number of pyridine rings is 1. The molecule has 1 aromatic rings. The lowest BCUT2D eigenvalue weighted by Gasteiger charge is -2.64. The van der Waals surface area contributed by atoms with Crippen LogP contribution in [0.3, 0.4) is 0 Å². The highest BCUT2D eigenvalue weighted by molar-refractivity contribution is 6.47. The number of aliphatic imine (C=N–C) groups is 1. The van der Waals surface area contributed by atoms with Gasteiger partial charge in [-0.25, -0.2) is 15.1 Å². The van der Waals surface area contributed by atoms with Gasteiger partial charge in [-0.2, -0.15) is 0 Å². The smallest absolute Gasteiger partial charge is 0.404 e. The van der Waals surface area contributed by atoms with E-state index in [0.717, 1.165) is 12.8 Å². The molecule has 6 atom stereocenters. The molecule has 4 fully saturated rings. The average molecular weight is 571 g/mol. The Kier molecular flexibility index (Phi) is 9.37. The number of ketones is 1. The normalized spacial score (nSPS) is 27.9. The van der Waals surface area contributed by atoms with Crippen LogP contribution in [0.2, 0.25) is 0 Å². The maximum atomic E-state index is 13.7. The molecule has 1 amide bonds. The van der Waals surface area contributed by atoms with Crippen molar-refractivity contribution in [3.63, 3.8) is 0 Å². The molecule has 3 saturated carbocycles. The Balaban J connectivity index is 1.46. The van der Waals surface area contributed by atoms with E-state index in [9.17, 15) is 19.7 Å². The monoisotopic (exact) mass is 570 g/mol. The molecule has 1 saturated heterocycles. The summed E-state index contributed by atoms with van der Waals surface area (Å²) in [6.45, 7) is 11.1. The molecule has 1 aliphatic heterocycles. The van der Waals surface area contributed by atoms with E-state index in [1.165, 1.54) is 0 Å². The number of hydrazine groups is 1. The van der Waals surface area contributed by atoms with Gasteiger partial charge in [0.2, 0.25) is 5.91 Å². The minimum absolute atomic E-state index is 0.00605. The fraction of sp³-hybridized carbons (Fsp3) is 0.714. The summed E-state index contributed by atoms with van der Waals surface area (Å²) in [6, 6.07) is 5.08. The Labute approximate surface area is 241 Å². The van der Waals surface area contributed by atoms with Gasteiger partial charge in [0.1, 0.15) is 5.69 Å². The number of nitrogens with zero attached hydrogens (tertiary/aromatic N) is 3. The number of carbonyl (C=O) groups is 2. The number of nitrogens with two attached hydrogens (primary N) is 1. The van der Waals surface area contributed by atoms with Crippen LogP contribution in [0.5, 0.6) is 0 Å². The van der Waals surface area contributed by atoms with Crippen molar-refractivity contribution in [1.82, 2.24) is 15.7 Å². The number of aromatic nitrogens is 1. The van der Waals surface area contributed by atoms with Crippen LogP contribution in [0, 0.1) is 39.2 Å². The highest BCUT2D eigenvalue weighted by atomic mass is 16.7. The molecule has 1 aromatic heterocycles. The van der Waals surface area contributed by atoms with Crippen molar-refractivity contribution in [2.75, 3.05) is 6.54 Å². The summed E-state index contributed by atoms with van der Waals surface area (Å²) >= 11 is 0. The van der Waals surface area contributed by atoms with Crippen LogP contribution in [0.4, 0.5) is 0 Å². The number of nitro groups is 1. The Hall–Kier alpha value is -3.06. The summed E-state index contributed by atoms with van der Waals surface area (Å²) < 4.78 is 13.2. The third kappa shape index (κ3) is 6.89. The van der Waals surface area contributed by atoms with Gasteiger partial charge in [0.15, 0.2) is 10.8 Å². The molecule has 41 heavy (non-hydrogen) atoms. The first-order chi connectivity index (χ1) is 19.3. The highest BCUT2D eigenvalue weighted by Crippen LogP contribution is 2.65. The van der Waals surface area contributed by atoms with Gasteiger partial charge >= 0.3 is 7.12 Å². The first kappa shape index (κ1) is 30.9. The standard InChI is InChI=1S/C28H43BN6O6/c1-17(2)13-24(29-40-23-16-19-15-22(27(19,3)4)28(23,5)41-29)33-25(37)18(9-8-12-32-26(30)34-35(38)39)14-21(36)20-10-6-7-11-31-20/h6-7,10-11,17-19,22-24H,8-9,12-16H2,1-5H3,(H,33,37)(H3,30,32,34)/t18-,19-,22-,23-,24+,28+/m1/s1. The van der Waals surface area contributed by atoms with Gasteiger partial charge in [0.25, 0.3) is 5.96 Å². The third-order valence-electron chi connectivity index (χ3n) is 9.30. The molecule has 13 heteroatoms. The van der Waals surface area contributed by atoms with Crippen LogP contribution >= 0.6 is 0 Å². The van der Waals surface area contributed by atoms with E-state index in [4.69, 9.17) is 15.0 Å². The molecule has 0 spiro atoms. The summed E-state index contributed by atoms with van der Waals surface area (Å²) in [5.74, 6) is -0.570.